The highest BCUT2D eigenvalue weighted by Crippen LogP contribution is 2.47. The van der Waals surface area contributed by atoms with Crippen molar-refractivity contribution in [2.75, 3.05) is 14.2 Å². The molecule has 3 heteroatoms. The minimum Gasteiger partial charge on any atom is -0.469 e. The minimum atomic E-state index is -0.199. The van der Waals surface area contributed by atoms with Gasteiger partial charge < -0.3 is 9.47 Å². The van der Waals surface area contributed by atoms with Gasteiger partial charge in [-0.25, -0.2) is 0 Å². The summed E-state index contributed by atoms with van der Waals surface area (Å²) in [6.45, 7) is 8.90. The zero-order valence-corrected chi connectivity index (χ0v) is 15.4. The van der Waals surface area contributed by atoms with Crippen molar-refractivity contribution in [1.29, 1.82) is 0 Å². The van der Waals surface area contributed by atoms with Crippen LogP contribution in [0.1, 0.15) is 55.4 Å². The van der Waals surface area contributed by atoms with Crippen LogP contribution in [0.2, 0.25) is 0 Å². The quantitative estimate of drug-likeness (QED) is 0.776. The van der Waals surface area contributed by atoms with E-state index in [4.69, 9.17) is 9.47 Å². The summed E-state index contributed by atoms with van der Waals surface area (Å²) >= 11 is 0. The van der Waals surface area contributed by atoms with Gasteiger partial charge in [-0.05, 0) is 67.2 Å². The van der Waals surface area contributed by atoms with Crippen molar-refractivity contribution in [3.8, 4) is 0 Å². The van der Waals surface area contributed by atoms with Crippen molar-refractivity contribution in [3.63, 3.8) is 0 Å². The first-order chi connectivity index (χ1) is 10.8. The lowest BCUT2D eigenvalue weighted by Crippen LogP contribution is -2.38. The number of methoxy groups -OCH3 is 2. The first-order valence-electron chi connectivity index (χ1n) is 8.54. The van der Waals surface area contributed by atoms with E-state index in [1.807, 2.05) is 7.11 Å². The second-order valence-electron chi connectivity index (χ2n) is 7.41. The molecular formula is C20H30O3. The van der Waals surface area contributed by atoms with Crippen LogP contribution >= 0.6 is 0 Å². The highest BCUT2D eigenvalue weighted by molar-refractivity contribution is 5.72. The van der Waals surface area contributed by atoms with E-state index in [0.29, 0.717) is 18.3 Å². The Morgan fingerprint density at radius 2 is 1.65 bits per heavy atom. The lowest BCUT2D eigenvalue weighted by atomic mass is 9.68. The van der Waals surface area contributed by atoms with E-state index in [2.05, 4.69) is 39.8 Å². The third kappa shape index (κ3) is 3.77. The predicted molar refractivity (Wildman–Crippen MR) is 92.5 cm³/mol. The topological polar surface area (TPSA) is 35.5 Å². The Hall–Kier alpha value is -1.35. The van der Waals surface area contributed by atoms with Gasteiger partial charge in [-0.3, -0.25) is 4.79 Å². The molecule has 0 spiro atoms. The molecule has 0 bridgehead atoms. The van der Waals surface area contributed by atoms with Gasteiger partial charge in [-0.15, -0.1) is 0 Å². The fourth-order valence-electron chi connectivity index (χ4n) is 4.65. The molecule has 128 valence electrons. The van der Waals surface area contributed by atoms with E-state index in [1.54, 1.807) is 0 Å². The van der Waals surface area contributed by atoms with Crippen molar-refractivity contribution < 1.29 is 14.3 Å². The van der Waals surface area contributed by atoms with Crippen LogP contribution < -0.4 is 0 Å². The molecule has 0 aromatic heterocycles. The Labute approximate surface area is 140 Å². The Morgan fingerprint density at radius 1 is 1.13 bits per heavy atom. The molecule has 1 aliphatic rings. The van der Waals surface area contributed by atoms with Crippen LogP contribution in [0, 0.1) is 25.7 Å². The maximum Gasteiger partial charge on any atom is 0.309 e. The molecule has 1 fully saturated rings. The van der Waals surface area contributed by atoms with Gasteiger partial charge in [0.2, 0.25) is 0 Å². The maximum absolute atomic E-state index is 11.5. The predicted octanol–water partition coefficient (Wildman–Crippen LogP) is 4.32. The van der Waals surface area contributed by atoms with Crippen molar-refractivity contribution in [3.05, 3.63) is 34.4 Å². The fraction of sp³-hybridized carbons (Fsp3) is 0.650. The van der Waals surface area contributed by atoms with Gasteiger partial charge in [0.05, 0.1) is 19.1 Å². The van der Waals surface area contributed by atoms with Gasteiger partial charge in [-0.2, -0.15) is 0 Å². The molecule has 0 N–H and O–H groups in total. The van der Waals surface area contributed by atoms with E-state index in [-0.39, 0.29) is 11.6 Å². The lowest BCUT2D eigenvalue weighted by molar-refractivity contribution is -0.139. The normalized spacial score (nSPS) is 27.7. The van der Waals surface area contributed by atoms with E-state index in [1.165, 1.54) is 30.2 Å². The van der Waals surface area contributed by atoms with E-state index < -0.39 is 0 Å². The molecule has 2 rings (SSSR count). The number of rotatable bonds is 4. The molecule has 0 saturated heterocycles. The summed E-state index contributed by atoms with van der Waals surface area (Å²) in [6, 6.07) is 4.23. The SMILES string of the molecule is COC(=O)Cc1cc(C)c(C2(OC)CC(C)CC(C)C2)c(C)c1. The molecule has 1 aromatic carbocycles. The number of carbonyl (C=O) groups is 1. The third-order valence-electron chi connectivity index (χ3n) is 5.18. The summed E-state index contributed by atoms with van der Waals surface area (Å²) < 4.78 is 10.9. The zero-order chi connectivity index (χ0) is 17.2. The number of ether oxygens (including phenoxy) is 2. The fourth-order valence-corrected chi connectivity index (χ4v) is 4.65. The first kappa shape index (κ1) is 18.0. The molecule has 23 heavy (non-hydrogen) atoms. The minimum absolute atomic E-state index is 0.196. The highest BCUT2D eigenvalue weighted by atomic mass is 16.5. The van der Waals surface area contributed by atoms with Crippen molar-refractivity contribution >= 4 is 5.97 Å². The van der Waals surface area contributed by atoms with Crippen LogP contribution in [0.15, 0.2) is 12.1 Å². The van der Waals surface area contributed by atoms with E-state index in [0.717, 1.165) is 18.4 Å². The summed E-state index contributed by atoms with van der Waals surface area (Å²) in [4.78, 5) is 11.5. The van der Waals surface area contributed by atoms with Gasteiger partial charge >= 0.3 is 5.97 Å². The number of esters is 1. The van der Waals surface area contributed by atoms with Crippen molar-refractivity contribution in [2.24, 2.45) is 11.8 Å². The first-order valence-corrected chi connectivity index (χ1v) is 8.54. The number of aryl methyl sites for hydroxylation is 2. The molecule has 3 nitrogen and oxygen atoms in total. The summed E-state index contributed by atoms with van der Waals surface area (Å²) in [6.07, 6.45) is 3.71. The van der Waals surface area contributed by atoms with Gasteiger partial charge in [-0.1, -0.05) is 26.0 Å². The lowest BCUT2D eigenvalue weighted by Gasteiger charge is -2.44. The van der Waals surface area contributed by atoms with Gasteiger partial charge in [0, 0.05) is 7.11 Å². The number of carbonyl (C=O) groups excluding carboxylic acids is 1. The van der Waals surface area contributed by atoms with Crippen molar-refractivity contribution in [1.82, 2.24) is 0 Å². The Balaban J connectivity index is 2.43. The van der Waals surface area contributed by atoms with Crippen LogP contribution in [-0.4, -0.2) is 20.2 Å². The Morgan fingerprint density at radius 3 is 2.09 bits per heavy atom. The molecule has 2 unspecified atom stereocenters. The Bertz CT molecular complexity index is 543. The molecule has 0 radical (unpaired) electrons. The van der Waals surface area contributed by atoms with Crippen molar-refractivity contribution in [2.45, 2.75) is 59.0 Å². The summed E-state index contributed by atoms with van der Waals surface area (Å²) in [7, 11) is 3.27. The van der Waals surface area contributed by atoms with Crippen LogP contribution in [-0.2, 0) is 26.3 Å². The van der Waals surface area contributed by atoms with Gasteiger partial charge in [0.1, 0.15) is 0 Å². The largest absolute Gasteiger partial charge is 0.469 e. The second-order valence-corrected chi connectivity index (χ2v) is 7.41. The van der Waals surface area contributed by atoms with E-state index in [9.17, 15) is 4.79 Å². The highest BCUT2D eigenvalue weighted by Gasteiger charge is 2.41. The molecule has 2 atom stereocenters. The molecule has 1 saturated carbocycles. The number of benzene rings is 1. The number of hydrogen-bond acceptors (Lipinski definition) is 3. The molecule has 1 aliphatic carbocycles. The summed E-state index contributed by atoms with van der Waals surface area (Å²) in [5.74, 6) is 1.12. The molecule has 0 amide bonds. The van der Waals surface area contributed by atoms with Crippen LogP contribution in [0.5, 0.6) is 0 Å². The monoisotopic (exact) mass is 318 g/mol. The Kier molecular flexibility index (Phi) is 5.51. The zero-order valence-electron chi connectivity index (χ0n) is 15.4. The second kappa shape index (κ2) is 7.04. The van der Waals surface area contributed by atoms with Crippen LogP contribution in [0.4, 0.5) is 0 Å². The van der Waals surface area contributed by atoms with Crippen LogP contribution in [0.25, 0.3) is 0 Å². The average Bonchev–Trinajstić information content (AvgIpc) is 2.45. The van der Waals surface area contributed by atoms with Gasteiger partial charge in [0.15, 0.2) is 0 Å². The molecule has 0 heterocycles. The standard InChI is InChI=1S/C20H30O3/c1-13-7-14(2)12-20(11-13,23-6)19-15(3)8-17(9-16(19)4)10-18(21)22-5/h8-9,13-14H,7,10-12H2,1-6H3. The van der Waals surface area contributed by atoms with E-state index >= 15 is 0 Å². The van der Waals surface area contributed by atoms with Gasteiger partial charge in [0.25, 0.3) is 0 Å². The smallest absolute Gasteiger partial charge is 0.309 e. The maximum atomic E-state index is 11.5. The molecule has 0 aliphatic heterocycles. The summed E-state index contributed by atoms with van der Waals surface area (Å²) in [5.41, 5.74) is 4.56. The average molecular weight is 318 g/mol. The summed E-state index contributed by atoms with van der Waals surface area (Å²) in [5, 5.41) is 0. The number of hydrogen-bond donors (Lipinski definition) is 0. The molecular weight excluding hydrogens is 288 g/mol. The molecule has 1 aromatic rings. The third-order valence-corrected chi connectivity index (χ3v) is 5.18. The van der Waals surface area contributed by atoms with Crippen LogP contribution in [0.3, 0.4) is 0 Å².